The molecule has 2 unspecified atom stereocenters. The summed E-state index contributed by atoms with van der Waals surface area (Å²) in [5, 5.41) is 9.22. The molecular formula is C9H15NO6P2. The summed E-state index contributed by atoms with van der Waals surface area (Å²) in [6.07, 6.45) is 6.32. The summed E-state index contributed by atoms with van der Waals surface area (Å²) in [4.78, 5) is 30.6. The van der Waals surface area contributed by atoms with E-state index < -0.39 is 26.0 Å². The molecule has 0 saturated carbocycles. The minimum Gasteiger partial charge on any atom is -0.372 e. The van der Waals surface area contributed by atoms with Gasteiger partial charge in [-0.2, -0.15) is 0 Å². The van der Waals surface area contributed by atoms with Crippen LogP contribution in [0.3, 0.4) is 0 Å². The Morgan fingerprint density at radius 2 is 1.89 bits per heavy atom. The van der Waals surface area contributed by atoms with Crippen LogP contribution < -0.4 is 0 Å². The Hall–Kier alpha value is -0.810. The zero-order valence-electron chi connectivity index (χ0n) is 9.62. The summed E-state index contributed by atoms with van der Waals surface area (Å²) in [6, 6.07) is 0. The molecule has 0 aliphatic heterocycles. The summed E-state index contributed by atoms with van der Waals surface area (Å²) in [6.45, 7) is 4.97. The van der Waals surface area contributed by atoms with Crippen molar-refractivity contribution in [2.75, 3.05) is 0 Å². The maximum atomic E-state index is 11.8. The van der Waals surface area contributed by atoms with Crippen LogP contribution in [0.1, 0.15) is 6.92 Å². The van der Waals surface area contributed by atoms with E-state index in [4.69, 9.17) is 9.79 Å². The van der Waals surface area contributed by atoms with Crippen LogP contribution in [0.5, 0.6) is 0 Å². The van der Waals surface area contributed by atoms with Crippen LogP contribution in [0.2, 0.25) is 0 Å². The minimum atomic E-state index is -5.12. The highest BCUT2D eigenvalue weighted by Gasteiger charge is 2.45. The topological polar surface area (TPSA) is 127 Å². The van der Waals surface area contributed by atoms with Crippen molar-refractivity contribution >= 4 is 21.2 Å². The second-order valence-electron chi connectivity index (χ2n) is 3.12. The molecule has 0 spiro atoms. The lowest BCUT2D eigenvalue weighted by atomic mass is 10.5. The van der Waals surface area contributed by atoms with Gasteiger partial charge in [0, 0.05) is 6.21 Å². The first-order valence-electron chi connectivity index (χ1n) is 4.72. The van der Waals surface area contributed by atoms with Crippen LogP contribution in [-0.4, -0.2) is 31.6 Å². The summed E-state index contributed by atoms with van der Waals surface area (Å²) in [7, 11) is -9.84. The molecule has 0 aliphatic rings. The Labute approximate surface area is 105 Å². The van der Waals surface area contributed by atoms with Crippen LogP contribution in [0, 0.1) is 0 Å². The number of hydrogen-bond donors (Lipinski definition) is 4. The molecule has 7 nitrogen and oxygen atoms in total. The highest BCUT2D eigenvalue weighted by Crippen LogP contribution is 2.65. The fraction of sp³-hybridized carbons (Fsp3) is 0.222. The molecule has 0 amide bonds. The van der Waals surface area contributed by atoms with Gasteiger partial charge in [0.15, 0.2) is 0 Å². The van der Waals surface area contributed by atoms with Crippen LogP contribution in [0.15, 0.2) is 41.3 Å². The van der Waals surface area contributed by atoms with Crippen LogP contribution in [0.25, 0.3) is 0 Å². The molecule has 102 valence electrons. The molecule has 0 heterocycles. The Morgan fingerprint density at radius 3 is 2.28 bits per heavy atom. The number of rotatable bonds is 6. The van der Waals surface area contributed by atoms with E-state index in [1.807, 2.05) is 0 Å². The Morgan fingerprint density at radius 1 is 1.33 bits per heavy atom. The van der Waals surface area contributed by atoms with Gasteiger partial charge in [-0.1, -0.05) is 18.7 Å². The third-order valence-electron chi connectivity index (χ3n) is 1.69. The van der Waals surface area contributed by atoms with Crippen molar-refractivity contribution in [3.8, 4) is 0 Å². The van der Waals surface area contributed by atoms with Crippen molar-refractivity contribution in [2.45, 2.75) is 12.5 Å². The average Bonchev–Trinajstić information content (AvgIpc) is 2.25. The van der Waals surface area contributed by atoms with Crippen molar-refractivity contribution in [1.29, 1.82) is 0 Å². The van der Waals surface area contributed by atoms with E-state index in [0.29, 0.717) is 0 Å². The van der Waals surface area contributed by atoms with Gasteiger partial charge in [0.1, 0.15) is 5.44 Å². The second kappa shape index (κ2) is 6.95. The summed E-state index contributed by atoms with van der Waals surface area (Å²) >= 11 is 0. The van der Waals surface area contributed by atoms with Gasteiger partial charge in [0.25, 0.3) is 7.37 Å². The molecule has 4 N–H and O–H groups in total. The average molecular weight is 295 g/mol. The lowest BCUT2D eigenvalue weighted by Crippen LogP contribution is -2.09. The lowest BCUT2D eigenvalue weighted by molar-refractivity contribution is 0.244. The van der Waals surface area contributed by atoms with E-state index in [2.05, 4.69) is 11.6 Å². The molecule has 0 aromatic heterocycles. The van der Waals surface area contributed by atoms with E-state index >= 15 is 0 Å². The third-order valence-corrected chi connectivity index (χ3v) is 5.68. The third kappa shape index (κ3) is 4.82. The van der Waals surface area contributed by atoms with E-state index in [-0.39, 0.29) is 0 Å². The number of allylic oxidation sites excluding steroid dienone is 4. The molecule has 0 aromatic carbocycles. The Bertz CT molecular complexity index is 475. The number of aliphatic imine (C=N–C) groups is 1. The Balaban J connectivity index is 5.50. The van der Waals surface area contributed by atoms with Gasteiger partial charge in [-0.15, -0.1) is 0 Å². The summed E-state index contributed by atoms with van der Waals surface area (Å²) in [5.41, 5.74) is -3.26. The Kier molecular flexibility index (Phi) is 6.63. The van der Waals surface area contributed by atoms with E-state index in [1.165, 1.54) is 6.08 Å². The number of aliphatic hydroxyl groups is 1. The molecule has 0 rings (SSSR count). The number of hydrogen-bond acceptors (Lipinski definition) is 4. The van der Waals surface area contributed by atoms with Gasteiger partial charge in [0.05, 0.1) is 0 Å². The van der Waals surface area contributed by atoms with Crippen molar-refractivity contribution in [3.05, 3.63) is 36.3 Å². The zero-order chi connectivity index (χ0) is 14.4. The molecule has 0 aliphatic carbocycles. The smallest absolute Gasteiger partial charge is 0.364 e. The molecule has 2 atom stereocenters. The molecule has 0 saturated heterocycles. The summed E-state index contributed by atoms with van der Waals surface area (Å²) in [5.74, 6) is 0. The molecule has 0 bridgehead atoms. The largest absolute Gasteiger partial charge is 0.372 e. The van der Waals surface area contributed by atoms with Crippen molar-refractivity contribution in [3.63, 3.8) is 0 Å². The molecule has 0 fully saturated rings. The normalized spacial score (nSPS) is 19.1. The maximum Gasteiger partial charge on any atom is 0.364 e. The van der Waals surface area contributed by atoms with Gasteiger partial charge in [-0.25, -0.2) is 0 Å². The van der Waals surface area contributed by atoms with Crippen molar-refractivity contribution in [1.82, 2.24) is 0 Å². The predicted octanol–water partition coefficient (Wildman–Crippen LogP) is 1.38. The van der Waals surface area contributed by atoms with Crippen molar-refractivity contribution < 1.29 is 28.9 Å². The molecule has 9 heteroatoms. The first-order chi connectivity index (χ1) is 8.17. The maximum absolute atomic E-state index is 11.8. The lowest BCUT2D eigenvalue weighted by Gasteiger charge is -2.18. The number of nitrogens with zero attached hydrogens (tertiary/aromatic N) is 1. The highest BCUT2D eigenvalue weighted by molar-refractivity contribution is 7.75. The van der Waals surface area contributed by atoms with Crippen LogP contribution >= 0.6 is 15.0 Å². The van der Waals surface area contributed by atoms with E-state index in [1.54, 1.807) is 13.0 Å². The molecular weight excluding hydrogens is 280 g/mol. The van der Waals surface area contributed by atoms with E-state index in [0.717, 1.165) is 18.4 Å². The van der Waals surface area contributed by atoms with Gasteiger partial charge in [0.2, 0.25) is 5.59 Å². The van der Waals surface area contributed by atoms with Gasteiger partial charge in [-0.3, -0.25) is 14.1 Å². The summed E-state index contributed by atoms with van der Waals surface area (Å²) < 4.78 is 22.6. The van der Waals surface area contributed by atoms with Crippen molar-refractivity contribution in [2.24, 2.45) is 4.99 Å². The van der Waals surface area contributed by atoms with E-state index in [9.17, 15) is 19.1 Å². The van der Waals surface area contributed by atoms with Crippen LogP contribution in [0.4, 0.5) is 0 Å². The minimum absolute atomic E-state index is 0.550. The second-order valence-corrected chi connectivity index (χ2v) is 7.39. The first-order valence-corrected chi connectivity index (χ1v) is 8.13. The fourth-order valence-corrected chi connectivity index (χ4v) is 3.64. The first kappa shape index (κ1) is 17.2. The van der Waals surface area contributed by atoms with Gasteiger partial charge in [-0.05, 0) is 19.1 Å². The quantitative estimate of drug-likeness (QED) is 0.333. The van der Waals surface area contributed by atoms with Crippen LogP contribution in [-0.2, 0) is 9.13 Å². The van der Waals surface area contributed by atoms with Gasteiger partial charge >= 0.3 is 7.60 Å². The fourth-order valence-electron chi connectivity index (χ4n) is 0.866. The SMILES string of the molecule is C=C\C=C(/N=C\C=C/C)P(=O)(O)C(O)P(=O)(O)O. The highest BCUT2D eigenvalue weighted by atomic mass is 31.2. The predicted molar refractivity (Wildman–Crippen MR) is 69.5 cm³/mol. The molecule has 0 aromatic rings. The number of aliphatic hydroxyl groups excluding tert-OH is 1. The standard InChI is InChI=1S/C9H15NO6P2/c1-3-5-7-10-8(6-4-2)17(12,13)9(11)18(14,15)16/h3-7,9,11H,2H2,1H3,(H,12,13)(H2,14,15,16)/b5-3-,8-6+,10-7-. The van der Waals surface area contributed by atoms with Gasteiger partial charge < -0.3 is 19.8 Å². The monoisotopic (exact) mass is 295 g/mol. The molecule has 18 heavy (non-hydrogen) atoms. The zero-order valence-corrected chi connectivity index (χ0v) is 11.4. The molecule has 0 radical (unpaired) electrons.